The molecule has 0 aromatic carbocycles. The van der Waals surface area contributed by atoms with Crippen LogP contribution in [0.2, 0.25) is 0 Å². The van der Waals surface area contributed by atoms with E-state index >= 15 is 0 Å². The van der Waals surface area contributed by atoms with Gasteiger partial charge in [-0.2, -0.15) is 0 Å². The number of nitrogens with zero attached hydrogens (tertiary/aromatic N) is 1. The van der Waals surface area contributed by atoms with Gasteiger partial charge in [-0.1, -0.05) is 6.92 Å². The molecule has 6 nitrogen and oxygen atoms in total. The number of H-pyrrole nitrogens is 1. The molecule has 0 unspecified atom stereocenters. The predicted molar refractivity (Wildman–Crippen MR) is 72.1 cm³/mol. The molecule has 1 aromatic rings. The predicted octanol–water partition coefficient (Wildman–Crippen LogP) is 0.282. The zero-order valence-corrected chi connectivity index (χ0v) is 11.4. The molecule has 19 heavy (non-hydrogen) atoms. The number of nitrogens with one attached hydrogen (secondary N) is 2. The van der Waals surface area contributed by atoms with Crippen LogP contribution in [0, 0.1) is 6.92 Å². The minimum atomic E-state index is -0.424. The van der Waals surface area contributed by atoms with E-state index in [0.717, 1.165) is 0 Å². The van der Waals surface area contributed by atoms with Gasteiger partial charge in [0, 0.05) is 31.5 Å². The molecule has 0 aliphatic heterocycles. The number of pyridine rings is 1. The van der Waals surface area contributed by atoms with Crippen LogP contribution in [0.25, 0.3) is 0 Å². The number of aromatic nitrogens is 1. The van der Waals surface area contributed by atoms with Crippen molar-refractivity contribution in [3.05, 3.63) is 33.7 Å². The van der Waals surface area contributed by atoms with Crippen molar-refractivity contribution in [3.63, 3.8) is 0 Å². The molecule has 0 bridgehead atoms. The summed E-state index contributed by atoms with van der Waals surface area (Å²) < 4.78 is 0. The molecule has 104 valence electrons. The lowest BCUT2D eigenvalue weighted by molar-refractivity contribution is -0.121. The van der Waals surface area contributed by atoms with Crippen molar-refractivity contribution in [1.29, 1.82) is 0 Å². The molecular weight excluding hydrogens is 246 g/mol. The summed E-state index contributed by atoms with van der Waals surface area (Å²) in [5.41, 5.74) is 0.414. The fourth-order valence-electron chi connectivity index (χ4n) is 1.69. The van der Waals surface area contributed by atoms with Gasteiger partial charge < -0.3 is 15.2 Å². The molecule has 0 spiro atoms. The van der Waals surface area contributed by atoms with Crippen LogP contribution in [0.1, 0.15) is 29.4 Å². The van der Waals surface area contributed by atoms with Crippen molar-refractivity contribution in [2.75, 3.05) is 20.1 Å². The first kappa shape index (κ1) is 14.9. The second-order valence-electron chi connectivity index (χ2n) is 4.29. The summed E-state index contributed by atoms with van der Waals surface area (Å²) in [5, 5.41) is 2.47. The van der Waals surface area contributed by atoms with Gasteiger partial charge in [-0.25, -0.2) is 0 Å². The van der Waals surface area contributed by atoms with Gasteiger partial charge in [0.25, 0.3) is 5.91 Å². The third kappa shape index (κ3) is 3.94. The number of aryl methyl sites for hydroxylation is 1. The van der Waals surface area contributed by atoms with Crippen molar-refractivity contribution in [1.82, 2.24) is 15.2 Å². The molecule has 0 radical (unpaired) electrons. The second-order valence-corrected chi connectivity index (χ2v) is 4.29. The molecule has 0 fully saturated rings. The Labute approximate surface area is 111 Å². The summed E-state index contributed by atoms with van der Waals surface area (Å²) in [6.07, 6.45) is 2.11. The average molecular weight is 265 g/mol. The number of aromatic amines is 1. The number of carbonyl (C=O) groups is 2. The third-order valence-corrected chi connectivity index (χ3v) is 2.68. The maximum Gasteiger partial charge on any atom is 0.259 e. The lowest BCUT2D eigenvalue weighted by atomic mass is 10.2. The number of amides is 2. The second kappa shape index (κ2) is 6.72. The minimum Gasteiger partial charge on any atom is -0.364 e. The molecule has 2 N–H and O–H groups in total. The van der Waals surface area contributed by atoms with Gasteiger partial charge in [-0.3, -0.25) is 14.4 Å². The van der Waals surface area contributed by atoms with E-state index in [1.807, 2.05) is 6.92 Å². The smallest absolute Gasteiger partial charge is 0.259 e. The minimum absolute atomic E-state index is 0.0451. The van der Waals surface area contributed by atoms with Gasteiger partial charge in [0.15, 0.2) is 5.43 Å². The van der Waals surface area contributed by atoms with Crippen LogP contribution in [-0.4, -0.2) is 41.8 Å². The van der Waals surface area contributed by atoms with E-state index in [4.69, 9.17) is 0 Å². The zero-order chi connectivity index (χ0) is 14.4. The maximum absolute atomic E-state index is 12.2. The molecule has 6 heteroatoms. The number of hydrogen-bond donors (Lipinski definition) is 2. The van der Waals surface area contributed by atoms with E-state index in [1.165, 1.54) is 24.2 Å². The molecule has 1 rings (SSSR count). The molecule has 2 amide bonds. The summed E-state index contributed by atoms with van der Waals surface area (Å²) in [6, 6.07) is 1.37. The van der Waals surface area contributed by atoms with E-state index in [9.17, 15) is 14.4 Å². The highest BCUT2D eigenvalue weighted by atomic mass is 16.2. The van der Waals surface area contributed by atoms with Crippen LogP contribution < -0.4 is 10.7 Å². The third-order valence-electron chi connectivity index (χ3n) is 2.68. The van der Waals surface area contributed by atoms with E-state index in [1.54, 1.807) is 6.92 Å². The van der Waals surface area contributed by atoms with Crippen molar-refractivity contribution in [3.8, 4) is 0 Å². The Bertz CT molecular complexity index is 522. The average Bonchev–Trinajstić information content (AvgIpc) is 2.37. The van der Waals surface area contributed by atoms with Crippen molar-refractivity contribution in [2.45, 2.75) is 20.3 Å². The normalized spacial score (nSPS) is 10.1. The van der Waals surface area contributed by atoms with Gasteiger partial charge in [0.2, 0.25) is 5.91 Å². The lowest BCUT2D eigenvalue weighted by Gasteiger charge is -2.20. The summed E-state index contributed by atoms with van der Waals surface area (Å²) in [5.74, 6) is -0.683. The van der Waals surface area contributed by atoms with Crippen LogP contribution >= 0.6 is 0 Å². The number of likely N-dealkylation sites (N-methyl/N-ethyl adjacent to an activating group) is 1. The molecule has 0 saturated heterocycles. The fourth-order valence-corrected chi connectivity index (χ4v) is 1.69. The topological polar surface area (TPSA) is 82.3 Å². The van der Waals surface area contributed by atoms with Gasteiger partial charge >= 0.3 is 0 Å². The number of hydrogen-bond acceptors (Lipinski definition) is 3. The fraction of sp³-hybridized carbons (Fsp3) is 0.462. The van der Waals surface area contributed by atoms with Gasteiger partial charge in [-0.05, 0) is 13.3 Å². The van der Waals surface area contributed by atoms with E-state index in [2.05, 4.69) is 10.3 Å². The first-order chi connectivity index (χ1) is 8.99. The Morgan fingerprint density at radius 3 is 2.63 bits per heavy atom. The lowest BCUT2D eigenvalue weighted by Crippen LogP contribution is -2.41. The first-order valence-electron chi connectivity index (χ1n) is 6.18. The van der Waals surface area contributed by atoms with E-state index in [0.29, 0.717) is 18.7 Å². The summed E-state index contributed by atoms with van der Waals surface area (Å²) >= 11 is 0. The van der Waals surface area contributed by atoms with Gasteiger partial charge in [0.1, 0.15) is 5.56 Å². The van der Waals surface area contributed by atoms with Crippen molar-refractivity contribution >= 4 is 11.8 Å². The van der Waals surface area contributed by atoms with E-state index < -0.39 is 5.91 Å². The Hall–Kier alpha value is -2.11. The monoisotopic (exact) mass is 265 g/mol. The maximum atomic E-state index is 12.2. The Morgan fingerprint density at radius 2 is 2.11 bits per heavy atom. The summed E-state index contributed by atoms with van der Waals surface area (Å²) in [6.45, 7) is 4.03. The quantitative estimate of drug-likeness (QED) is 0.802. The van der Waals surface area contributed by atoms with Crippen LogP contribution in [0.5, 0.6) is 0 Å². The van der Waals surface area contributed by atoms with Crippen molar-refractivity contribution in [2.24, 2.45) is 0 Å². The molecule has 1 heterocycles. The van der Waals surface area contributed by atoms with E-state index in [-0.39, 0.29) is 23.4 Å². The van der Waals surface area contributed by atoms with Crippen molar-refractivity contribution < 1.29 is 9.59 Å². The highest BCUT2D eigenvalue weighted by Crippen LogP contribution is 2.01. The van der Waals surface area contributed by atoms with Crippen LogP contribution in [0.3, 0.4) is 0 Å². The van der Waals surface area contributed by atoms with Crippen LogP contribution in [0.4, 0.5) is 0 Å². The molecular formula is C13H19N3O3. The highest BCUT2D eigenvalue weighted by molar-refractivity contribution is 5.96. The molecule has 0 atom stereocenters. The van der Waals surface area contributed by atoms with Crippen LogP contribution in [0.15, 0.2) is 17.1 Å². The van der Waals surface area contributed by atoms with Gasteiger partial charge in [0.05, 0.1) is 6.54 Å². The first-order valence-corrected chi connectivity index (χ1v) is 6.18. The molecule has 0 aliphatic carbocycles. The molecule has 0 saturated carbocycles. The highest BCUT2D eigenvalue weighted by Gasteiger charge is 2.20. The summed E-state index contributed by atoms with van der Waals surface area (Å²) in [7, 11) is 1.51. The Balaban J connectivity index is 2.98. The summed E-state index contributed by atoms with van der Waals surface area (Å²) in [4.78, 5) is 39.6. The number of carbonyl (C=O) groups excluding carboxylic acids is 2. The Morgan fingerprint density at radius 1 is 1.42 bits per heavy atom. The molecule has 1 aromatic heterocycles. The SMILES string of the molecule is CCCN(CC(=O)NC)C(=O)c1c[nH]c(C)cc1=O. The largest absolute Gasteiger partial charge is 0.364 e. The van der Waals surface area contributed by atoms with Gasteiger partial charge in [-0.15, -0.1) is 0 Å². The standard InChI is InChI=1S/C13H19N3O3/c1-4-5-16(8-12(18)14-3)13(19)10-7-15-9(2)6-11(10)17/h6-7H,4-5,8H2,1-3H3,(H,14,18)(H,15,17). The number of rotatable bonds is 5. The zero-order valence-electron chi connectivity index (χ0n) is 11.4. The molecule has 0 aliphatic rings. The van der Waals surface area contributed by atoms with Crippen LogP contribution in [-0.2, 0) is 4.79 Å². The Kier molecular flexibility index (Phi) is 5.29.